The Kier molecular flexibility index (Phi) is 12.4. The quantitative estimate of drug-likeness (QED) is 0.225. The lowest BCUT2D eigenvalue weighted by Crippen LogP contribution is -2.42. The van der Waals surface area contributed by atoms with Crippen LogP contribution in [-0.2, 0) is 28.9 Å². The van der Waals surface area contributed by atoms with Crippen LogP contribution in [0.5, 0.6) is 5.75 Å². The van der Waals surface area contributed by atoms with Gasteiger partial charge in [-0.3, -0.25) is 0 Å². The summed E-state index contributed by atoms with van der Waals surface area (Å²) < 4.78 is 11.2. The Morgan fingerprint density at radius 1 is 0.923 bits per heavy atom. The van der Waals surface area contributed by atoms with Crippen molar-refractivity contribution in [2.24, 2.45) is 0 Å². The number of ether oxygens (including phenoxy) is 2. The summed E-state index contributed by atoms with van der Waals surface area (Å²) in [5.41, 5.74) is 2.87. The zero-order valence-corrected chi connectivity index (χ0v) is 23.5. The number of halogens is 2. The summed E-state index contributed by atoms with van der Waals surface area (Å²) in [7, 11) is 0. The fourth-order valence-electron chi connectivity index (χ4n) is 4.06. The average Bonchev–Trinajstić information content (AvgIpc) is 2.91. The van der Waals surface area contributed by atoms with E-state index in [2.05, 4.69) is 5.32 Å². The molecule has 3 aromatic rings. The number of carbonyl (C=O) groups excluding carboxylic acids is 1. The second kappa shape index (κ2) is 16.0. The van der Waals surface area contributed by atoms with Crippen molar-refractivity contribution < 1.29 is 24.2 Å². The maximum Gasteiger partial charge on any atom is 0.333 e. The van der Waals surface area contributed by atoms with Crippen molar-refractivity contribution in [3.8, 4) is 5.75 Å². The number of rotatable bonds is 15. The van der Waals surface area contributed by atoms with Gasteiger partial charge in [-0.25, -0.2) is 9.59 Å². The Bertz CT molecular complexity index is 1170. The third kappa shape index (κ3) is 10.8. The Labute approximate surface area is 239 Å². The predicted octanol–water partition coefficient (Wildman–Crippen LogP) is 6.25. The van der Waals surface area contributed by atoms with E-state index in [4.69, 9.17) is 32.7 Å². The molecule has 0 saturated heterocycles. The van der Waals surface area contributed by atoms with Crippen molar-refractivity contribution in [3.05, 3.63) is 99.5 Å². The minimum atomic E-state index is -0.985. The molecule has 9 heteroatoms. The van der Waals surface area contributed by atoms with Crippen molar-refractivity contribution >= 4 is 35.2 Å². The molecule has 2 amide bonds. The SMILES string of the molecule is CCOC(Cc1ccc(OCCN(CCCc2cc(Cl)cc(Cl)c2)C(=O)NCc2ccccc2)cc1)C(=O)O. The van der Waals surface area contributed by atoms with Crippen molar-refractivity contribution in [1.82, 2.24) is 10.2 Å². The molecular formula is C30H34Cl2N2O5. The number of carbonyl (C=O) groups is 2. The van der Waals surface area contributed by atoms with Crippen molar-refractivity contribution in [3.63, 3.8) is 0 Å². The second-order valence-electron chi connectivity index (χ2n) is 8.99. The van der Waals surface area contributed by atoms with Crippen LogP contribution in [0.25, 0.3) is 0 Å². The van der Waals surface area contributed by atoms with Crippen molar-refractivity contribution in [1.29, 1.82) is 0 Å². The number of carboxylic acid groups (broad SMARTS) is 1. The van der Waals surface area contributed by atoms with Gasteiger partial charge in [0.05, 0.1) is 6.54 Å². The molecule has 0 aromatic heterocycles. The van der Waals surface area contributed by atoms with Crippen LogP contribution >= 0.6 is 23.2 Å². The van der Waals surface area contributed by atoms with E-state index in [9.17, 15) is 14.7 Å². The summed E-state index contributed by atoms with van der Waals surface area (Å²) in [5.74, 6) is -0.346. The molecule has 39 heavy (non-hydrogen) atoms. The molecule has 1 atom stereocenters. The van der Waals surface area contributed by atoms with Crippen LogP contribution in [0.1, 0.15) is 30.0 Å². The van der Waals surface area contributed by atoms with E-state index in [0.29, 0.717) is 48.6 Å². The summed E-state index contributed by atoms with van der Waals surface area (Å²) in [6, 6.07) is 22.3. The lowest BCUT2D eigenvalue weighted by Gasteiger charge is -2.23. The molecule has 3 rings (SSSR count). The van der Waals surface area contributed by atoms with Crippen LogP contribution in [0.15, 0.2) is 72.8 Å². The monoisotopic (exact) mass is 572 g/mol. The molecule has 0 spiro atoms. The molecular weight excluding hydrogens is 539 g/mol. The maximum atomic E-state index is 13.0. The molecule has 0 radical (unpaired) electrons. The smallest absolute Gasteiger partial charge is 0.333 e. The van der Waals surface area contributed by atoms with E-state index >= 15 is 0 Å². The Morgan fingerprint density at radius 3 is 2.26 bits per heavy atom. The summed E-state index contributed by atoms with van der Waals surface area (Å²) in [6.45, 7) is 3.76. The predicted molar refractivity (Wildman–Crippen MR) is 154 cm³/mol. The Hall–Kier alpha value is -3.26. The molecule has 208 valence electrons. The molecule has 0 bridgehead atoms. The number of aliphatic carboxylic acids is 1. The van der Waals surface area contributed by atoms with Gasteiger partial charge >= 0.3 is 12.0 Å². The van der Waals surface area contributed by atoms with Crippen molar-refractivity contribution in [2.75, 3.05) is 26.3 Å². The molecule has 0 heterocycles. The number of amides is 2. The molecule has 0 fully saturated rings. The number of carboxylic acids is 1. The lowest BCUT2D eigenvalue weighted by molar-refractivity contribution is -0.149. The number of hydrogen-bond donors (Lipinski definition) is 2. The average molecular weight is 574 g/mol. The van der Waals surface area contributed by atoms with Gasteiger partial charge in [0.2, 0.25) is 0 Å². The number of aryl methyl sites for hydroxylation is 1. The maximum absolute atomic E-state index is 13.0. The molecule has 0 saturated carbocycles. The zero-order valence-electron chi connectivity index (χ0n) is 21.9. The van der Waals surface area contributed by atoms with Gasteiger partial charge in [0.1, 0.15) is 12.4 Å². The largest absolute Gasteiger partial charge is 0.492 e. The summed E-state index contributed by atoms with van der Waals surface area (Å²) in [4.78, 5) is 26.1. The van der Waals surface area contributed by atoms with E-state index in [1.54, 1.807) is 30.0 Å². The van der Waals surface area contributed by atoms with Crippen LogP contribution in [0.3, 0.4) is 0 Å². The van der Waals surface area contributed by atoms with E-state index < -0.39 is 12.1 Å². The highest BCUT2D eigenvalue weighted by atomic mass is 35.5. The Morgan fingerprint density at radius 2 is 1.62 bits per heavy atom. The van der Waals surface area contributed by atoms with Crippen LogP contribution in [0.2, 0.25) is 10.0 Å². The summed E-state index contributed by atoms with van der Waals surface area (Å²) >= 11 is 12.2. The standard InChI is InChI=1S/C30H34Cl2N2O5/c1-2-38-28(29(35)36)19-22-10-12-27(13-11-22)39-16-15-34(30(37)33-21-23-7-4-3-5-8-23)14-6-9-24-17-25(31)20-26(32)18-24/h3-5,7-8,10-13,17-18,20,28H,2,6,9,14-16,19,21H2,1H3,(H,33,37)(H,35,36). The second-order valence-corrected chi connectivity index (χ2v) is 9.86. The summed E-state index contributed by atoms with van der Waals surface area (Å²) in [5, 5.41) is 13.5. The van der Waals surface area contributed by atoms with Gasteiger partial charge in [0, 0.05) is 36.2 Å². The van der Waals surface area contributed by atoms with Gasteiger partial charge in [-0.1, -0.05) is 65.7 Å². The molecule has 3 aromatic carbocycles. The molecule has 7 nitrogen and oxygen atoms in total. The first-order chi connectivity index (χ1) is 18.8. The highest BCUT2D eigenvalue weighted by Gasteiger charge is 2.18. The molecule has 0 aliphatic rings. The van der Waals surface area contributed by atoms with E-state index in [1.807, 2.05) is 54.6 Å². The normalized spacial score (nSPS) is 11.6. The number of urea groups is 1. The number of nitrogens with zero attached hydrogens (tertiary/aromatic N) is 1. The van der Waals surface area contributed by atoms with Gasteiger partial charge in [-0.2, -0.15) is 0 Å². The lowest BCUT2D eigenvalue weighted by atomic mass is 10.1. The van der Waals surface area contributed by atoms with Crippen LogP contribution in [0.4, 0.5) is 4.79 Å². The first-order valence-electron chi connectivity index (χ1n) is 12.9. The third-order valence-corrected chi connectivity index (χ3v) is 6.44. The van der Waals surface area contributed by atoms with Crippen LogP contribution in [0, 0.1) is 0 Å². The molecule has 0 aliphatic carbocycles. The third-order valence-electron chi connectivity index (χ3n) is 6.01. The van der Waals surface area contributed by atoms with E-state index in [1.165, 1.54) is 0 Å². The molecule has 2 N–H and O–H groups in total. The minimum absolute atomic E-state index is 0.169. The van der Waals surface area contributed by atoms with Crippen molar-refractivity contribution in [2.45, 2.75) is 38.8 Å². The minimum Gasteiger partial charge on any atom is -0.492 e. The Balaban J connectivity index is 1.55. The first-order valence-corrected chi connectivity index (χ1v) is 13.7. The highest BCUT2D eigenvalue weighted by Crippen LogP contribution is 2.20. The number of hydrogen-bond acceptors (Lipinski definition) is 4. The van der Waals surface area contributed by atoms with Gasteiger partial charge < -0.3 is 24.8 Å². The van der Waals surface area contributed by atoms with E-state index in [0.717, 1.165) is 29.5 Å². The van der Waals surface area contributed by atoms with Crippen LogP contribution in [-0.4, -0.2) is 54.4 Å². The number of nitrogens with one attached hydrogen (secondary N) is 1. The highest BCUT2D eigenvalue weighted by molar-refractivity contribution is 6.34. The van der Waals surface area contributed by atoms with Gasteiger partial charge in [-0.05, 0) is 66.8 Å². The van der Waals surface area contributed by atoms with Gasteiger partial charge in [0.15, 0.2) is 6.10 Å². The van der Waals surface area contributed by atoms with E-state index in [-0.39, 0.29) is 12.5 Å². The molecule has 0 aliphatic heterocycles. The van der Waals surface area contributed by atoms with Gasteiger partial charge in [-0.15, -0.1) is 0 Å². The fraction of sp³-hybridized carbons (Fsp3) is 0.333. The number of benzene rings is 3. The fourth-order valence-corrected chi connectivity index (χ4v) is 4.63. The zero-order chi connectivity index (χ0) is 28.0. The molecule has 1 unspecified atom stereocenters. The van der Waals surface area contributed by atoms with Crippen LogP contribution < -0.4 is 10.1 Å². The van der Waals surface area contributed by atoms with Gasteiger partial charge in [0.25, 0.3) is 0 Å². The topological polar surface area (TPSA) is 88.1 Å². The first kappa shape index (κ1) is 30.3. The summed E-state index contributed by atoms with van der Waals surface area (Å²) in [6.07, 6.45) is 0.850.